The first-order valence-electron chi connectivity index (χ1n) is 14.3. The van der Waals surface area contributed by atoms with Crippen LogP contribution < -0.4 is 20.9 Å². The number of fused-ring (bicyclic) bond motifs is 3. The van der Waals surface area contributed by atoms with Gasteiger partial charge in [-0.1, -0.05) is 24.3 Å². The van der Waals surface area contributed by atoms with Crippen LogP contribution >= 0.6 is 0 Å². The Balaban J connectivity index is 0.979. The van der Waals surface area contributed by atoms with Crippen LogP contribution in [0.15, 0.2) is 42.5 Å². The average molecular weight is 533 g/mol. The van der Waals surface area contributed by atoms with Gasteiger partial charge in [-0.15, -0.1) is 0 Å². The molecule has 5 aliphatic rings. The molecule has 2 saturated heterocycles. The zero-order valence-corrected chi connectivity index (χ0v) is 22.4. The number of morpholine rings is 1. The zero-order valence-electron chi connectivity index (χ0n) is 22.4. The predicted molar refractivity (Wildman–Crippen MR) is 148 cm³/mol. The van der Waals surface area contributed by atoms with Crippen molar-refractivity contribution in [1.82, 2.24) is 15.8 Å². The highest BCUT2D eigenvalue weighted by molar-refractivity contribution is 6.09. The summed E-state index contributed by atoms with van der Waals surface area (Å²) in [5.41, 5.74) is 10.3. The molecule has 8 heteroatoms. The van der Waals surface area contributed by atoms with E-state index in [2.05, 4.69) is 27.1 Å². The van der Waals surface area contributed by atoms with Crippen molar-refractivity contribution in [1.29, 1.82) is 0 Å². The molecule has 2 aliphatic carbocycles. The standard InChI is InChI=1S/C31H37FN4O3/c1-38-22-6-9-28-24(16-22)31(30(37)33-28)17-25(31)20-5-7-23-27(34-35-29(23)15-20)8-3-19-2-4-21(26(32)14-19)18-36-10-12-39-13-11-36/h2-4,6,8-9,14,16,20,23,25,27,29,34-35H,5,7,10-13,15,17-18H2,1H3,(H,33,37)/b8-3+/t20?,23?,25-,27?,29?,31-/m0/s1. The second-order valence-electron chi connectivity index (χ2n) is 11.9. The summed E-state index contributed by atoms with van der Waals surface area (Å²) in [5, 5.41) is 3.12. The normalized spacial score (nSPS) is 33.8. The predicted octanol–water partition coefficient (Wildman–Crippen LogP) is 3.85. The average Bonchev–Trinajstić information content (AvgIpc) is 3.50. The number of carbonyl (C=O) groups excluding carboxylic acids is 1. The molecule has 4 unspecified atom stereocenters. The van der Waals surface area contributed by atoms with Gasteiger partial charge in [-0.2, -0.15) is 0 Å². The Morgan fingerprint density at radius 2 is 2.03 bits per heavy atom. The molecule has 0 radical (unpaired) electrons. The van der Waals surface area contributed by atoms with Crippen LogP contribution in [0.4, 0.5) is 10.1 Å². The number of methoxy groups -OCH3 is 1. The van der Waals surface area contributed by atoms with E-state index < -0.39 is 0 Å². The van der Waals surface area contributed by atoms with Gasteiger partial charge in [0.2, 0.25) is 5.91 Å². The first kappa shape index (κ1) is 25.2. The molecule has 206 valence electrons. The molecule has 6 atom stereocenters. The lowest BCUT2D eigenvalue weighted by atomic mass is 9.73. The molecule has 0 bridgehead atoms. The molecule has 7 nitrogen and oxygen atoms in total. The van der Waals surface area contributed by atoms with Crippen LogP contribution in [0, 0.1) is 23.6 Å². The lowest BCUT2D eigenvalue weighted by Crippen LogP contribution is -2.37. The van der Waals surface area contributed by atoms with Crippen LogP contribution in [0.3, 0.4) is 0 Å². The summed E-state index contributed by atoms with van der Waals surface area (Å²) in [7, 11) is 1.67. The van der Waals surface area contributed by atoms with Crippen molar-refractivity contribution in [2.45, 2.75) is 49.7 Å². The molecular formula is C31H37FN4O3. The quantitative estimate of drug-likeness (QED) is 0.525. The molecule has 2 saturated carbocycles. The number of amides is 1. The number of nitrogens with one attached hydrogen (secondary N) is 3. The number of nitrogens with zero attached hydrogens (tertiary/aromatic N) is 1. The van der Waals surface area contributed by atoms with Gasteiger partial charge in [-0.25, -0.2) is 4.39 Å². The molecule has 3 heterocycles. The van der Waals surface area contributed by atoms with Gasteiger partial charge in [0.05, 0.1) is 25.7 Å². The van der Waals surface area contributed by atoms with Gasteiger partial charge in [0.15, 0.2) is 0 Å². The Morgan fingerprint density at radius 1 is 1.15 bits per heavy atom. The van der Waals surface area contributed by atoms with Gasteiger partial charge in [-0.3, -0.25) is 20.5 Å². The maximum absolute atomic E-state index is 14.8. The number of ether oxygens (including phenoxy) is 2. The van der Waals surface area contributed by atoms with E-state index in [9.17, 15) is 9.18 Å². The maximum Gasteiger partial charge on any atom is 0.235 e. The third-order valence-electron chi connectivity index (χ3n) is 9.86. The zero-order chi connectivity index (χ0) is 26.6. The first-order valence-corrected chi connectivity index (χ1v) is 14.3. The number of benzene rings is 2. The van der Waals surface area contributed by atoms with Gasteiger partial charge < -0.3 is 14.8 Å². The number of hydrogen-bond donors (Lipinski definition) is 3. The fraction of sp³-hybridized carbons (Fsp3) is 0.516. The van der Waals surface area contributed by atoms with E-state index in [4.69, 9.17) is 9.47 Å². The summed E-state index contributed by atoms with van der Waals surface area (Å²) in [6.07, 6.45) is 8.43. The highest BCUT2D eigenvalue weighted by Gasteiger charge is 2.67. The Bertz CT molecular complexity index is 1290. The lowest BCUT2D eigenvalue weighted by Gasteiger charge is -2.33. The lowest BCUT2D eigenvalue weighted by molar-refractivity contribution is -0.118. The SMILES string of the molecule is COc1ccc2c(c1)[C@]1(C[C@H]1C1CCC3C(/C=C/c4ccc(CN5CCOCC5)c(F)c4)NNC3C1)C(=O)N2. The number of halogens is 1. The molecule has 7 rings (SSSR count). The van der Waals surface area contributed by atoms with Crippen LogP contribution in [0.25, 0.3) is 6.08 Å². The van der Waals surface area contributed by atoms with Gasteiger partial charge in [0.1, 0.15) is 11.6 Å². The fourth-order valence-electron chi connectivity index (χ4n) is 7.61. The van der Waals surface area contributed by atoms with Crippen LogP contribution in [0.1, 0.15) is 42.4 Å². The Morgan fingerprint density at radius 3 is 2.85 bits per heavy atom. The number of anilines is 1. The molecule has 0 aromatic heterocycles. The summed E-state index contributed by atoms with van der Waals surface area (Å²) in [6.45, 7) is 3.76. The van der Waals surface area contributed by atoms with Crippen molar-refractivity contribution >= 4 is 17.7 Å². The molecule has 4 fully saturated rings. The van der Waals surface area contributed by atoms with E-state index in [0.29, 0.717) is 43.6 Å². The third-order valence-corrected chi connectivity index (χ3v) is 9.86. The summed E-state index contributed by atoms with van der Waals surface area (Å²) in [5.74, 6) is 2.19. The highest BCUT2D eigenvalue weighted by Crippen LogP contribution is 2.65. The minimum Gasteiger partial charge on any atom is -0.497 e. The van der Waals surface area contributed by atoms with Crippen molar-refractivity contribution < 1.29 is 18.7 Å². The van der Waals surface area contributed by atoms with Crippen LogP contribution in [0.2, 0.25) is 0 Å². The molecule has 2 aromatic carbocycles. The maximum atomic E-state index is 14.8. The van der Waals surface area contributed by atoms with E-state index in [1.165, 1.54) is 0 Å². The van der Waals surface area contributed by atoms with Crippen molar-refractivity contribution in [3.8, 4) is 5.75 Å². The minimum atomic E-state index is -0.384. The van der Waals surface area contributed by atoms with Crippen molar-refractivity contribution in [2.24, 2.45) is 17.8 Å². The minimum absolute atomic E-state index is 0.145. The Kier molecular flexibility index (Phi) is 6.46. The number of hydrogen-bond acceptors (Lipinski definition) is 6. The third kappa shape index (κ3) is 4.47. The molecule has 1 amide bonds. The summed E-state index contributed by atoms with van der Waals surface area (Å²) in [4.78, 5) is 15.3. The van der Waals surface area contributed by atoms with Crippen molar-refractivity contribution in [3.05, 3.63) is 65.0 Å². The second-order valence-corrected chi connectivity index (χ2v) is 11.9. The first-order chi connectivity index (χ1) is 19.0. The number of carbonyl (C=O) groups is 1. The Hall–Kier alpha value is -2.78. The van der Waals surface area contributed by atoms with E-state index in [1.807, 2.05) is 36.4 Å². The molecule has 1 spiro atoms. The van der Waals surface area contributed by atoms with Crippen LogP contribution in [-0.2, 0) is 21.5 Å². The Labute approximate surface area is 229 Å². The van der Waals surface area contributed by atoms with Crippen LogP contribution in [-0.4, -0.2) is 56.3 Å². The topological polar surface area (TPSA) is 74.9 Å². The smallest absolute Gasteiger partial charge is 0.235 e. The van der Waals surface area contributed by atoms with E-state index in [1.54, 1.807) is 13.2 Å². The number of rotatable bonds is 6. The van der Waals surface area contributed by atoms with Crippen LogP contribution in [0.5, 0.6) is 5.75 Å². The summed E-state index contributed by atoms with van der Waals surface area (Å²) < 4.78 is 25.7. The summed E-state index contributed by atoms with van der Waals surface area (Å²) in [6, 6.07) is 12.1. The second kappa shape index (κ2) is 10.0. The van der Waals surface area contributed by atoms with E-state index >= 15 is 0 Å². The van der Waals surface area contributed by atoms with Crippen molar-refractivity contribution in [3.63, 3.8) is 0 Å². The highest BCUT2D eigenvalue weighted by atomic mass is 19.1. The molecule has 2 aromatic rings. The van der Waals surface area contributed by atoms with Gasteiger partial charge in [0.25, 0.3) is 0 Å². The summed E-state index contributed by atoms with van der Waals surface area (Å²) >= 11 is 0. The van der Waals surface area contributed by atoms with Gasteiger partial charge in [0, 0.05) is 43.0 Å². The fourth-order valence-corrected chi connectivity index (χ4v) is 7.61. The molecular weight excluding hydrogens is 495 g/mol. The molecule has 3 aliphatic heterocycles. The largest absolute Gasteiger partial charge is 0.497 e. The molecule has 3 N–H and O–H groups in total. The number of hydrazine groups is 1. The van der Waals surface area contributed by atoms with E-state index in [0.717, 1.165) is 66.9 Å². The van der Waals surface area contributed by atoms with Gasteiger partial charge in [-0.05, 0) is 78.8 Å². The van der Waals surface area contributed by atoms with Crippen molar-refractivity contribution in [2.75, 3.05) is 38.7 Å². The molecule has 39 heavy (non-hydrogen) atoms. The monoisotopic (exact) mass is 532 g/mol. The van der Waals surface area contributed by atoms with Gasteiger partial charge >= 0.3 is 0 Å². The van der Waals surface area contributed by atoms with E-state index in [-0.39, 0.29) is 23.2 Å².